The lowest BCUT2D eigenvalue weighted by Crippen LogP contribution is -2.38. The van der Waals surface area contributed by atoms with Crippen LogP contribution in [0.1, 0.15) is 51.2 Å². The molecule has 0 heterocycles. The maximum atomic E-state index is 13.1. The van der Waals surface area contributed by atoms with Crippen molar-refractivity contribution in [3.8, 4) is 0 Å². The van der Waals surface area contributed by atoms with Crippen LogP contribution in [-0.2, 0) is 12.0 Å². The standard InChI is InChI=1S/C16H24F2O/c1-4-7-12-8-10-13(11-9-12)16(19,6-3)14(5-2)15(17)18/h8-11,14-15,19H,4-7H2,1-3H3. The van der Waals surface area contributed by atoms with Gasteiger partial charge in [-0.1, -0.05) is 51.5 Å². The third kappa shape index (κ3) is 3.53. The zero-order valence-corrected chi connectivity index (χ0v) is 12.0. The predicted octanol–water partition coefficient (Wildman–Crippen LogP) is 4.53. The number of aryl methyl sites for hydroxylation is 1. The number of alkyl halides is 2. The number of hydrogen-bond acceptors (Lipinski definition) is 1. The van der Waals surface area contributed by atoms with Crippen molar-refractivity contribution < 1.29 is 13.9 Å². The van der Waals surface area contributed by atoms with Gasteiger partial charge in [0.15, 0.2) is 0 Å². The zero-order chi connectivity index (χ0) is 14.5. The second-order valence-electron chi connectivity index (χ2n) is 5.07. The van der Waals surface area contributed by atoms with Gasteiger partial charge in [0.05, 0.1) is 11.5 Å². The molecule has 0 amide bonds. The molecule has 1 aromatic carbocycles. The summed E-state index contributed by atoms with van der Waals surface area (Å²) in [5.74, 6) is -1.02. The Morgan fingerprint density at radius 2 is 1.68 bits per heavy atom. The first-order valence-electron chi connectivity index (χ1n) is 7.09. The first-order chi connectivity index (χ1) is 8.99. The van der Waals surface area contributed by atoms with Gasteiger partial charge in [0, 0.05) is 0 Å². The molecule has 3 heteroatoms. The van der Waals surface area contributed by atoms with Crippen LogP contribution in [0.5, 0.6) is 0 Å². The smallest absolute Gasteiger partial charge is 0.244 e. The van der Waals surface area contributed by atoms with Crippen molar-refractivity contribution in [1.29, 1.82) is 0 Å². The molecule has 0 saturated carbocycles. The van der Waals surface area contributed by atoms with Gasteiger partial charge in [0.2, 0.25) is 6.43 Å². The molecule has 0 aliphatic heterocycles. The Morgan fingerprint density at radius 1 is 1.11 bits per heavy atom. The second kappa shape index (κ2) is 6.99. The quantitative estimate of drug-likeness (QED) is 0.772. The van der Waals surface area contributed by atoms with E-state index in [1.54, 1.807) is 26.0 Å². The van der Waals surface area contributed by atoms with Gasteiger partial charge in [-0.05, 0) is 30.4 Å². The van der Waals surface area contributed by atoms with Crippen LogP contribution in [-0.4, -0.2) is 11.5 Å². The molecule has 1 rings (SSSR count). The largest absolute Gasteiger partial charge is 0.385 e. The first kappa shape index (κ1) is 16.1. The van der Waals surface area contributed by atoms with Crippen LogP contribution in [0.25, 0.3) is 0 Å². The van der Waals surface area contributed by atoms with E-state index in [2.05, 4.69) is 6.92 Å². The predicted molar refractivity (Wildman–Crippen MR) is 74.4 cm³/mol. The molecule has 0 fully saturated rings. The van der Waals surface area contributed by atoms with Crippen molar-refractivity contribution in [2.24, 2.45) is 5.92 Å². The first-order valence-corrected chi connectivity index (χ1v) is 7.09. The minimum atomic E-state index is -2.51. The molecule has 1 nitrogen and oxygen atoms in total. The molecule has 2 unspecified atom stereocenters. The van der Waals surface area contributed by atoms with Crippen LogP contribution in [0.4, 0.5) is 8.78 Å². The fourth-order valence-corrected chi connectivity index (χ4v) is 2.65. The van der Waals surface area contributed by atoms with E-state index in [1.165, 1.54) is 5.56 Å². The van der Waals surface area contributed by atoms with Crippen molar-refractivity contribution in [3.63, 3.8) is 0 Å². The summed E-state index contributed by atoms with van der Waals surface area (Å²) in [5.41, 5.74) is 0.338. The highest BCUT2D eigenvalue weighted by Gasteiger charge is 2.41. The van der Waals surface area contributed by atoms with E-state index >= 15 is 0 Å². The molecule has 0 saturated heterocycles. The fourth-order valence-electron chi connectivity index (χ4n) is 2.65. The SMILES string of the molecule is CCCc1ccc(C(O)(CC)C(CC)C(F)F)cc1. The van der Waals surface area contributed by atoms with E-state index in [0.717, 1.165) is 12.8 Å². The lowest BCUT2D eigenvalue weighted by atomic mass is 9.77. The summed E-state index contributed by atoms with van der Waals surface area (Å²) in [7, 11) is 0. The highest BCUT2D eigenvalue weighted by Crippen LogP contribution is 2.38. The van der Waals surface area contributed by atoms with Crippen LogP contribution < -0.4 is 0 Å². The van der Waals surface area contributed by atoms with Crippen molar-refractivity contribution >= 4 is 0 Å². The lowest BCUT2D eigenvalue weighted by Gasteiger charge is -2.35. The molecule has 0 spiro atoms. The monoisotopic (exact) mass is 270 g/mol. The summed E-state index contributed by atoms with van der Waals surface area (Å²) in [6.07, 6.45) is 0.0650. The number of benzene rings is 1. The Morgan fingerprint density at radius 3 is 2.05 bits per heavy atom. The normalized spacial score (nSPS) is 16.4. The van der Waals surface area contributed by atoms with Gasteiger partial charge in [0.1, 0.15) is 0 Å². The Labute approximate surface area is 114 Å². The van der Waals surface area contributed by atoms with E-state index in [9.17, 15) is 13.9 Å². The highest BCUT2D eigenvalue weighted by atomic mass is 19.3. The zero-order valence-electron chi connectivity index (χ0n) is 12.0. The molecule has 19 heavy (non-hydrogen) atoms. The molecule has 1 N–H and O–H groups in total. The Bertz CT molecular complexity index is 375. The second-order valence-corrected chi connectivity index (χ2v) is 5.07. The van der Waals surface area contributed by atoms with Crippen molar-refractivity contribution in [3.05, 3.63) is 35.4 Å². The van der Waals surface area contributed by atoms with Crippen molar-refractivity contribution in [2.45, 2.75) is 58.5 Å². The minimum Gasteiger partial charge on any atom is -0.385 e. The highest BCUT2D eigenvalue weighted by molar-refractivity contribution is 5.28. The van der Waals surface area contributed by atoms with E-state index in [4.69, 9.17) is 0 Å². The third-order valence-electron chi connectivity index (χ3n) is 3.89. The van der Waals surface area contributed by atoms with Gasteiger partial charge in [-0.3, -0.25) is 0 Å². The molecule has 0 aliphatic carbocycles. The van der Waals surface area contributed by atoms with Gasteiger partial charge in [0.25, 0.3) is 0 Å². The maximum absolute atomic E-state index is 13.1. The van der Waals surface area contributed by atoms with E-state index in [-0.39, 0.29) is 6.42 Å². The summed E-state index contributed by atoms with van der Waals surface area (Å²) in [5, 5.41) is 10.7. The molecule has 0 aromatic heterocycles. The molecular weight excluding hydrogens is 246 g/mol. The Hall–Kier alpha value is -0.960. The number of rotatable bonds is 7. The molecule has 0 radical (unpaired) electrons. The topological polar surface area (TPSA) is 20.2 Å². The van der Waals surface area contributed by atoms with Gasteiger partial charge in [-0.15, -0.1) is 0 Å². The van der Waals surface area contributed by atoms with Gasteiger partial charge >= 0.3 is 0 Å². The van der Waals surface area contributed by atoms with Crippen LogP contribution in [0.2, 0.25) is 0 Å². The number of halogens is 2. The van der Waals surface area contributed by atoms with E-state index in [1.807, 2.05) is 12.1 Å². The summed E-state index contributed by atoms with van der Waals surface area (Å²) in [4.78, 5) is 0. The Balaban J connectivity index is 3.06. The lowest BCUT2D eigenvalue weighted by molar-refractivity contribution is -0.0944. The summed E-state index contributed by atoms with van der Waals surface area (Å²) >= 11 is 0. The average Bonchev–Trinajstić information content (AvgIpc) is 2.40. The van der Waals surface area contributed by atoms with E-state index < -0.39 is 17.9 Å². The van der Waals surface area contributed by atoms with Crippen LogP contribution in [0.3, 0.4) is 0 Å². The van der Waals surface area contributed by atoms with Crippen LogP contribution in [0.15, 0.2) is 24.3 Å². The molecule has 2 atom stereocenters. The minimum absolute atomic E-state index is 0.263. The molecular formula is C16H24F2O. The average molecular weight is 270 g/mol. The van der Waals surface area contributed by atoms with Crippen molar-refractivity contribution in [1.82, 2.24) is 0 Å². The van der Waals surface area contributed by atoms with Crippen LogP contribution in [0, 0.1) is 5.92 Å². The maximum Gasteiger partial charge on any atom is 0.244 e. The van der Waals surface area contributed by atoms with Crippen molar-refractivity contribution in [2.75, 3.05) is 0 Å². The van der Waals surface area contributed by atoms with Gasteiger partial charge in [-0.2, -0.15) is 0 Å². The summed E-state index contributed by atoms with van der Waals surface area (Å²) < 4.78 is 26.2. The van der Waals surface area contributed by atoms with Gasteiger partial charge < -0.3 is 5.11 Å². The molecule has 0 aliphatic rings. The van der Waals surface area contributed by atoms with E-state index in [0.29, 0.717) is 12.0 Å². The molecule has 0 bridgehead atoms. The summed E-state index contributed by atoms with van der Waals surface area (Å²) in [6, 6.07) is 7.44. The van der Waals surface area contributed by atoms with Gasteiger partial charge in [-0.25, -0.2) is 8.78 Å². The third-order valence-corrected chi connectivity index (χ3v) is 3.89. The number of hydrogen-bond donors (Lipinski definition) is 1. The molecule has 1 aromatic rings. The van der Waals surface area contributed by atoms with Crippen LogP contribution >= 0.6 is 0 Å². The Kier molecular flexibility index (Phi) is 5.92. The fraction of sp³-hybridized carbons (Fsp3) is 0.625. The number of aliphatic hydroxyl groups is 1. The molecule has 108 valence electrons. The summed E-state index contributed by atoms with van der Waals surface area (Å²) in [6.45, 7) is 5.55.